The van der Waals surface area contributed by atoms with Gasteiger partial charge in [0.25, 0.3) is 0 Å². The lowest BCUT2D eigenvalue weighted by Gasteiger charge is -2.32. The summed E-state index contributed by atoms with van der Waals surface area (Å²) in [6.07, 6.45) is 7.47. The largest absolute Gasteiger partial charge is 0.534 e. The number of methoxy groups -OCH3 is 2. The number of rotatable bonds is 10. The highest BCUT2D eigenvalue weighted by molar-refractivity contribution is 7.87. The monoisotopic (exact) mass is 672 g/mol. The van der Waals surface area contributed by atoms with Crippen LogP contribution in [0.2, 0.25) is 0 Å². The van der Waals surface area contributed by atoms with Crippen LogP contribution in [-0.4, -0.2) is 52.1 Å². The van der Waals surface area contributed by atoms with E-state index in [0.717, 1.165) is 12.5 Å². The molecule has 0 saturated heterocycles. The Labute approximate surface area is 269 Å². The summed E-state index contributed by atoms with van der Waals surface area (Å²) in [5.74, 6) is -2.91. The number of allylic oxidation sites excluding steroid dienone is 4. The molecule has 0 saturated carbocycles. The van der Waals surface area contributed by atoms with E-state index in [1.807, 2.05) is 32.9 Å². The van der Waals surface area contributed by atoms with Crippen LogP contribution in [0.4, 0.5) is 13.2 Å². The Bertz CT molecular complexity index is 1990. The van der Waals surface area contributed by atoms with Gasteiger partial charge in [-0.25, -0.2) is 0 Å². The summed E-state index contributed by atoms with van der Waals surface area (Å²) >= 11 is 0. The number of hydrogen-bond acceptors (Lipinski definition) is 9. The first-order valence-electron chi connectivity index (χ1n) is 14.4. The van der Waals surface area contributed by atoms with Crippen LogP contribution in [0.5, 0.6) is 17.2 Å². The Kier molecular flexibility index (Phi) is 8.99. The van der Waals surface area contributed by atoms with Crippen molar-refractivity contribution in [3.05, 3.63) is 88.2 Å². The molecule has 5 rings (SSSR count). The summed E-state index contributed by atoms with van der Waals surface area (Å²) in [6.45, 7) is 5.64. The number of alkyl halides is 3. The molecule has 3 aromatic rings. The van der Waals surface area contributed by atoms with Crippen LogP contribution in [0, 0.1) is 0 Å². The maximum absolute atomic E-state index is 14.0. The van der Waals surface area contributed by atoms with E-state index >= 15 is 0 Å². The van der Waals surface area contributed by atoms with Gasteiger partial charge in [0, 0.05) is 29.4 Å². The van der Waals surface area contributed by atoms with Gasteiger partial charge >= 0.3 is 15.6 Å². The maximum Gasteiger partial charge on any atom is 0.534 e. The molecule has 0 unspecified atom stereocenters. The fraction of sp³-hybridized carbons (Fsp3) is 0.294. The lowest BCUT2D eigenvalue weighted by molar-refractivity contribution is -0.0520. The SMILES string of the molecule is COCOc1cc2c3c(ccc2cc1C1=C(OS(=O)(=O)C(F)(F)F)C(=O)c2ccc(OC)cc2C1=O)O[C@](C)(CCC=C(C)C)C=C3. The van der Waals surface area contributed by atoms with E-state index in [2.05, 4.69) is 10.3 Å². The fourth-order valence-corrected chi connectivity index (χ4v) is 5.84. The van der Waals surface area contributed by atoms with E-state index in [-0.39, 0.29) is 35.0 Å². The summed E-state index contributed by atoms with van der Waals surface area (Å²) in [7, 11) is -3.72. The first-order chi connectivity index (χ1) is 22.1. The van der Waals surface area contributed by atoms with E-state index in [4.69, 9.17) is 18.9 Å². The molecule has 1 atom stereocenters. The molecule has 248 valence electrons. The van der Waals surface area contributed by atoms with Crippen LogP contribution >= 0.6 is 0 Å². The first kappa shape index (κ1) is 33.7. The molecule has 47 heavy (non-hydrogen) atoms. The van der Waals surface area contributed by atoms with Gasteiger partial charge in [0.15, 0.2) is 12.6 Å². The average molecular weight is 673 g/mol. The molecule has 1 heterocycles. The molecule has 0 aromatic heterocycles. The Balaban J connectivity index is 1.72. The highest BCUT2D eigenvalue weighted by Crippen LogP contribution is 2.44. The Morgan fingerprint density at radius 3 is 2.38 bits per heavy atom. The number of carbonyl (C=O) groups excluding carboxylic acids is 2. The van der Waals surface area contributed by atoms with Gasteiger partial charge in [-0.3, -0.25) is 9.59 Å². The lowest BCUT2D eigenvalue weighted by atomic mass is 9.83. The van der Waals surface area contributed by atoms with Gasteiger partial charge in [0.2, 0.25) is 11.5 Å². The summed E-state index contributed by atoms with van der Waals surface area (Å²) in [4.78, 5) is 27.6. The number of hydrogen-bond donors (Lipinski definition) is 0. The molecule has 1 aliphatic carbocycles. The number of Topliss-reactive ketones (excluding diaryl/α,β-unsaturated/α-hetero) is 2. The zero-order valence-electron chi connectivity index (χ0n) is 26.1. The molecule has 0 radical (unpaired) electrons. The summed E-state index contributed by atoms with van der Waals surface area (Å²) in [5.41, 5.74) is -6.15. The van der Waals surface area contributed by atoms with E-state index in [1.54, 1.807) is 12.1 Å². The second kappa shape index (κ2) is 12.5. The number of ether oxygens (including phenoxy) is 4. The Morgan fingerprint density at radius 2 is 1.72 bits per heavy atom. The van der Waals surface area contributed by atoms with Crippen molar-refractivity contribution in [2.75, 3.05) is 21.0 Å². The number of fused-ring (bicyclic) bond motifs is 4. The predicted molar refractivity (Wildman–Crippen MR) is 168 cm³/mol. The van der Waals surface area contributed by atoms with Crippen molar-refractivity contribution in [3.63, 3.8) is 0 Å². The van der Waals surface area contributed by atoms with Gasteiger partial charge < -0.3 is 23.1 Å². The molecule has 13 heteroatoms. The summed E-state index contributed by atoms with van der Waals surface area (Å²) in [5, 5.41) is 1.06. The molecule has 0 N–H and O–H groups in total. The van der Waals surface area contributed by atoms with Crippen molar-refractivity contribution in [3.8, 4) is 17.2 Å². The van der Waals surface area contributed by atoms with E-state index in [0.29, 0.717) is 28.5 Å². The molecule has 0 spiro atoms. The number of halogens is 3. The summed E-state index contributed by atoms with van der Waals surface area (Å²) in [6, 6.07) is 9.99. The normalized spacial score (nSPS) is 17.6. The number of carbonyl (C=O) groups is 2. The summed E-state index contributed by atoms with van der Waals surface area (Å²) < 4.78 is 91.7. The zero-order chi connectivity index (χ0) is 34.3. The number of ketones is 2. The second-order valence-corrected chi connectivity index (χ2v) is 13.0. The van der Waals surface area contributed by atoms with Crippen molar-refractivity contribution in [1.82, 2.24) is 0 Å². The van der Waals surface area contributed by atoms with Gasteiger partial charge in [0.1, 0.15) is 22.8 Å². The molecular formula is C34H31F3O9S. The maximum atomic E-state index is 14.0. The van der Waals surface area contributed by atoms with E-state index in [9.17, 15) is 31.2 Å². The molecule has 0 bridgehead atoms. The van der Waals surface area contributed by atoms with Crippen LogP contribution in [0.15, 0.2) is 65.9 Å². The van der Waals surface area contributed by atoms with Crippen molar-refractivity contribution in [2.24, 2.45) is 0 Å². The van der Waals surface area contributed by atoms with E-state index in [1.165, 1.54) is 44.1 Å². The molecule has 0 fully saturated rings. The van der Waals surface area contributed by atoms with Crippen molar-refractivity contribution >= 4 is 44.1 Å². The van der Waals surface area contributed by atoms with E-state index < -0.39 is 44.1 Å². The molecule has 1 aliphatic heterocycles. The van der Waals surface area contributed by atoms with Crippen LogP contribution in [0.3, 0.4) is 0 Å². The highest BCUT2D eigenvalue weighted by atomic mass is 32.2. The fourth-order valence-electron chi connectivity index (χ4n) is 5.37. The van der Waals surface area contributed by atoms with Gasteiger partial charge in [-0.05, 0) is 86.9 Å². The van der Waals surface area contributed by atoms with Crippen LogP contribution in [0.25, 0.3) is 22.4 Å². The first-order valence-corrected chi connectivity index (χ1v) is 15.8. The van der Waals surface area contributed by atoms with Crippen LogP contribution in [0.1, 0.15) is 65.5 Å². The zero-order valence-corrected chi connectivity index (χ0v) is 26.9. The van der Waals surface area contributed by atoms with Gasteiger partial charge in [-0.1, -0.05) is 23.8 Å². The minimum Gasteiger partial charge on any atom is -0.497 e. The van der Waals surface area contributed by atoms with Gasteiger partial charge in [-0.2, -0.15) is 21.6 Å². The highest BCUT2D eigenvalue weighted by Gasteiger charge is 2.51. The predicted octanol–water partition coefficient (Wildman–Crippen LogP) is 7.40. The molecular weight excluding hydrogens is 641 g/mol. The quantitative estimate of drug-likeness (QED) is 0.0941. The molecule has 2 aliphatic rings. The molecule has 9 nitrogen and oxygen atoms in total. The Morgan fingerprint density at radius 1 is 0.979 bits per heavy atom. The smallest absolute Gasteiger partial charge is 0.497 e. The third-order valence-corrected chi connectivity index (χ3v) is 8.67. The minimum atomic E-state index is -6.37. The molecule has 0 amide bonds. The van der Waals surface area contributed by atoms with Crippen molar-refractivity contribution in [1.29, 1.82) is 0 Å². The lowest BCUT2D eigenvalue weighted by Crippen LogP contribution is -2.31. The van der Waals surface area contributed by atoms with Gasteiger partial charge in [0.05, 0.1) is 12.7 Å². The van der Waals surface area contributed by atoms with Crippen LogP contribution in [-0.2, 0) is 19.0 Å². The van der Waals surface area contributed by atoms with Crippen LogP contribution < -0.4 is 14.2 Å². The average Bonchev–Trinajstić information content (AvgIpc) is 3.01. The third-order valence-electron chi connectivity index (χ3n) is 7.72. The Hall–Kier alpha value is -4.62. The van der Waals surface area contributed by atoms with Crippen molar-refractivity contribution < 1.29 is 54.3 Å². The second-order valence-electron chi connectivity index (χ2n) is 11.4. The van der Waals surface area contributed by atoms with Gasteiger partial charge in [-0.15, -0.1) is 0 Å². The minimum absolute atomic E-state index is 0.0916. The molecule has 3 aromatic carbocycles. The third kappa shape index (κ3) is 6.50. The number of benzene rings is 3. The standard InChI is InChI=1S/C34H31F3O9S/c1-19(2)7-6-13-33(3)14-12-22-24-17-28(44-18-42-4)26(15-20(24)8-11-27(22)45-33)29-30(38)25-16-21(43-5)9-10-23(25)31(39)32(29)46-47(40,41)34(35,36)37/h7-12,14-17H,6,13,18H2,1-5H3/t33-/m1/s1. The topological polar surface area (TPSA) is 114 Å². The van der Waals surface area contributed by atoms with Crippen molar-refractivity contribution in [2.45, 2.75) is 44.7 Å².